The molecule has 0 aliphatic heterocycles. The van der Waals surface area contributed by atoms with Crippen LogP contribution in [-0.2, 0) is 22.7 Å². The molecule has 21 heavy (non-hydrogen) atoms. The van der Waals surface area contributed by atoms with Crippen molar-refractivity contribution < 1.29 is 14.7 Å². The van der Waals surface area contributed by atoms with E-state index in [0.29, 0.717) is 6.54 Å². The van der Waals surface area contributed by atoms with Gasteiger partial charge >= 0.3 is 5.97 Å². The second kappa shape index (κ2) is 6.80. The SMILES string of the molecule is CN(Cc1cc(C=CC(=O)O)cs1)C(=O)Cn1cncn1. The zero-order valence-electron chi connectivity index (χ0n) is 11.3. The van der Waals surface area contributed by atoms with Crippen molar-refractivity contribution in [2.75, 3.05) is 7.05 Å². The van der Waals surface area contributed by atoms with Gasteiger partial charge in [-0.15, -0.1) is 11.3 Å². The Balaban J connectivity index is 1.91. The topological polar surface area (TPSA) is 88.3 Å². The highest BCUT2D eigenvalue weighted by Gasteiger charge is 2.11. The van der Waals surface area contributed by atoms with E-state index in [1.807, 2.05) is 11.4 Å². The molecule has 0 spiro atoms. The lowest BCUT2D eigenvalue weighted by molar-refractivity contribution is -0.132. The van der Waals surface area contributed by atoms with Crippen molar-refractivity contribution in [2.45, 2.75) is 13.1 Å². The molecule has 1 amide bonds. The first kappa shape index (κ1) is 14.9. The Kier molecular flexibility index (Phi) is 4.83. The van der Waals surface area contributed by atoms with Gasteiger partial charge in [0.2, 0.25) is 5.91 Å². The van der Waals surface area contributed by atoms with Crippen LogP contribution in [0.3, 0.4) is 0 Å². The lowest BCUT2D eigenvalue weighted by Crippen LogP contribution is -2.29. The number of carbonyl (C=O) groups is 2. The third kappa shape index (κ3) is 4.53. The van der Waals surface area contributed by atoms with E-state index in [2.05, 4.69) is 10.1 Å². The number of nitrogens with zero attached hydrogens (tertiary/aromatic N) is 4. The van der Waals surface area contributed by atoms with Crippen molar-refractivity contribution in [2.24, 2.45) is 0 Å². The highest BCUT2D eigenvalue weighted by Crippen LogP contribution is 2.17. The molecule has 0 unspecified atom stereocenters. The van der Waals surface area contributed by atoms with E-state index >= 15 is 0 Å². The highest BCUT2D eigenvalue weighted by molar-refractivity contribution is 7.10. The fourth-order valence-electron chi connectivity index (χ4n) is 1.63. The number of carboxylic acid groups (broad SMARTS) is 1. The van der Waals surface area contributed by atoms with E-state index in [1.54, 1.807) is 11.9 Å². The summed E-state index contributed by atoms with van der Waals surface area (Å²) >= 11 is 1.48. The Morgan fingerprint density at radius 3 is 3.00 bits per heavy atom. The standard InChI is InChI=1S/C13H14N4O3S/c1-16(12(18)6-17-9-14-8-15-17)5-11-4-10(7-21-11)2-3-13(19)20/h2-4,7-9H,5-6H2,1H3,(H,19,20). The molecule has 0 fully saturated rings. The monoisotopic (exact) mass is 306 g/mol. The summed E-state index contributed by atoms with van der Waals surface area (Å²) in [7, 11) is 1.71. The van der Waals surface area contributed by atoms with Crippen LogP contribution >= 0.6 is 11.3 Å². The van der Waals surface area contributed by atoms with Crippen LogP contribution in [0.1, 0.15) is 10.4 Å². The molecule has 0 atom stereocenters. The van der Waals surface area contributed by atoms with Gasteiger partial charge in [0, 0.05) is 18.0 Å². The molecule has 2 aromatic rings. The lowest BCUT2D eigenvalue weighted by atomic mass is 10.3. The first-order valence-electron chi connectivity index (χ1n) is 6.09. The van der Waals surface area contributed by atoms with E-state index in [1.165, 1.54) is 34.7 Å². The zero-order chi connectivity index (χ0) is 15.2. The molecule has 0 bridgehead atoms. The van der Waals surface area contributed by atoms with Crippen LogP contribution in [0.4, 0.5) is 0 Å². The first-order chi connectivity index (χ1) is 10.0. The quantitative estimate of drug-likeness (QED) is 0.807. The predicted molar refractivity (Wildman–Crippen MR) is 77.5 cm³/mol. The summed E-state index contributed by atoms with van der Waals surface area (Å²) in [6, 6.07) is 1.86. The summed E-state index contributed by atoms with van der Waals surface area (Å²) in [4.78, 5) is 28.8. The van der Waals surface area contributed by atoms with Gasteiger partial charge in [-0.3, -0.25) is 4.79 Å². The van der Waals surface area contributed by atoms with Crippen LogP contribution in [0.5, 0.6) is 0 Å². The Morgan fingerprint density at radius 2 is 2.33 bits per heavy atom. The van der Waals surface area contributed by atoms with Crippen LogP contribution < -0.4 is 0 Å². The number of carboxylic acids is 1. The molecule has 110 valence electrons. The van der Waals surface area contributed by atoms with E-state index in [9.17, 15) is 9.59 Å². The Morgan fingerprint density at radius 1 is 1.52 bits per heavy atom. The molecule has 0 radical (unpaired) electrons. The molecule has 0 aliphatic rings. The van der Waals surface area contributed by atoms with Gasteiger partial charge in [0.1, 0.15) is 19.2 Å². The molecule has 0 saturated heterocycles. The predicted octanol–water partition coefficient (Wildman–Crippen LogP) is 1.10. The number of rotatable bonds is 6. The average molecular weight is 306 g/mol. The Bertz CT molecular complexity index is 648. The lowest BCUT2D eigenvalue weighted by Gasteiger charge is -2.15. The molecular weight excluding hydrogens is 292 g/mol. The minimum absolute atomic E-state index is 0.0727. The number of hydrogen-bond donors (Lipinski definition) is 1. The molecule has 8 heteroatoms. The van der Waals surface area contributed by atoms with Gasteiger partial charge in [-0.25, -0.2) is 14.5 Å². The van der Waals surface area contributed by atoms with Crippen LogP contribution in [0.15, 0.2) is 30.2 Å². The van der Waals surface area contributed by atoms with Crippen molar-refractivity contribution in [1.29, 1.82) is 0 Å². The Labute approximate surface area is 125 Å². The van der Waals surface area contributed by atoms with Crippen LogP contribution in [0.2, 0.25) is 0 Å². The molecule has 7 nitrogen and oxygen atoms in total. The molecule has 2 heterocycles. The molecule has 2 aromatic heterocycles. The van der Waals surface area contributed by atoms with E-state index in [-0.39, 0.29) is 12.5 Å². The maximum atomic E-state index is 12.0. The molecule has 0 aromatic carbocycles. The number of aliphatic carboxylic acids is 1. The molecule has 0 aliphatic carbocycles. The van der Waals surface area contributed by atoms with Crippen LogP contribution in [0.25, 0.3) is 6.08 Å². The largest absolute Gasteiger partial charge is 0.478 e. The molecular formula is C13H14N4O3S. The minimum atomic E-state index is -0.983. The normalized spacial score (nSPS) is 10.9. The highest BCUT2D eigenvalue weighted by atomic mass is 32.1. The van der Waals surface area contributed by atoms with Crippen LogP contribution in [-0.4, -0.2) is 43.7 Å². The van der Waals surface area contributed by atoms with Gasteiger partial charge < -0.3 is 10.0 Å². The van der Waals surface area contributed by atoms with E-state index in [4.69, 9.17) is 5.11 Å². The number of likely N-dealkylation sites (N-methyl/N-ethyl adjacent to an activating group) is 1. The number of thiophene rings is 1. The van der Waals surface area contributed by atoms with Crippen molar-refractivity contribution in [3.63, 3.8) is 0 Å². The van der Waals surface area contributed by atoms with Gasteiger partial charge in [-0.1, -0.05) is 0 Å². The fourth-order valence-corrected chi connectivity index (χ4v) is 2.54. The van der Waals surface area contributed by atoms with Gasteiger partial charge in [-0.05, 0) is 23.1 Å². The number of aromatic nitrogens is 3. The van der Waals surface area contributed by atoms with Crippen molar-refractivity contribution >= 4 is 29.3 Å². The maximum Gasteiger partial charge on any atom is 0.328 e. The molecule has 0 saturated carbocycles. The maximum absolute atomic E-state index is 12.0. The number of carbonyl (C=O) groups excluding carboxylic acids is 1. The number of hydrogen-bond acceptors (Lipinski definition) is 5. The summed E-state index contributed by atoms with van der Waals surface area (Å²) in [6.07, 6.45) is 5.49. The third-order valence-corrected chi connectivity index (χ3v) is 3.61. The summed E-state index contributed by atoms with van der Waals surface area (Å²) < 4.78 is 1.47. The smallest absolute Gasteiger partial charge is 0.328 e. The van der Waals surface area contributed by atoms with Gasteiger partial charge in [0.05, 0.1) is 6.54 Å². The second-order valence-electron chi connectivity index (χ2n) is 4.36. The van der Waals surface area contributed by atoms with Crippen molar-refractivity contribution in [3.05, 3.63) is 40.6 Å². The summed E-state index contributed by atoms with van der Waals surface area (Å²) in [6.45, 7) is 0.618. The van der Waals surface area contributed by atoms with Crippen molar-refractivity contribution in [1.82, 2.24) is 19.7 Å². The van der Waals surface area contributed by atoms with Crippen LogP contribution in [0, 0.1) is 0 Å². The Hall–Kier alpha value is -2.48. The summed E-state index contributed by atoms with van der Waals surface area (Å²) in [5.74, 6) is -1.06. The summed E-state index contributed by atoms with van der Waals surface area (Å²) in [5.41, 5.74) is 0.814. The average Bonchev–Trinajstić information content (AvgIpc) is 3.08. The van der Waals surface area contributed by atoms with Gasteiger partial charge in [0.15, 0.2) is 0 Å². The third-order valence-electron chi connectivity index (χ3n) is 2.67. The first-order valence-corrected chi connectivity index (χ1v) is 6.97. The summed E-state index contributed by atoms with van der Waals surface area (Å²) in [5, 5.41) is 14.3. The fraction of sp³-hybridized carbons (Fsp3) is 0.231. The molecule has 2 rings (SSSR count). The minimum Gasteiger partial charge on any atom is -0.478 e. The van der Waals surface area contributed by atoms with E-state index < -0.39 is 5.97 Å². The van der Waals surface area contributed by atoms with Crippen molar-refractivity contribution in [3.8, 4) is 0 Å². The van der Waals surface area contributed by atoms with E-state index in [0.717, 1.165) is 16.5 Å². The zero-order valence-corrected chi connectivity index (χ0v) is 12.2. The van der Waals surface area contributed by atoms with Gasteiger partial charge in [-0.2, -0.15) is 5.10 Å². The molecule has 1 N–H and O–H groups in total. The number of amides is 1. The second-order valence-corrected chi connectivity index (χ2v) is 5.36. The van der Waals surface area contributed by atoms with Gasteiger partial charge in [0.25, 0.3) is 0 Å².